The second kappa shape index (κ2) is 6.19. The van der Waals surface area contributed by atoms with Crippen LogP contribution in [0, 0.1) is 5.92 Å². The molecule has 0 spiro atoms. The highest BCUT2D eigenvalue weighted by molar-refractivity contribution is 9.10. The first-order valence-electron chi connectivity index (χ1n) is 6.36. The number of rotatable bonds is 4. The summed E-state index contributed by atoms with van der Waals surface area (Å²) in [5, 5.41) is 3.05. The SMILES string of the molecule is CC(NC(=O)CC1C=CCC1)c1ccc(Br)cc1. The van der Waals surface area contributed by atoms with Gasteiger partial charge in [-0.2, -0.15) is 0 Å². The molecule has 96 valence electrons. The number of amides is 1. The molecule has 0 bridgehead atoms. The summed E-state index contributed by atoms with van der Waals surface area (Å²) >= 11 is 3.41. The van der Waals surface area contributed by atoms with Gasteiger partial charge in [-0.05, 0) is 43.4 Å². The number of hydrogen-bond acceptors (Lipinski definition) is 1. The lowest BCUT2D eigenvalue weighted by Crippen LogP contribution is -2.27. The van der Waals surface area contributed by atoms with Crippen LogP contribution in [-0.2, 0) is 4.79 Å². The second-order valence-corrected chi connectivity index (χ2v) is 5.73. The van der Waals surface area contributed by atoms with Crippen LogP contribution in [0.5, 0.6) is 0 Å². The van der Waals surface area contributed by atoms with Crippen molar-refractivity contribution in [2.24, 2.45) is 5.92 Å². The van der Waals surface area contributed by atoms with Crippen LogP contribution in [-0.4, -0.2) is 5.91 Å². The van der Waals surface area contributed by atoms with Crippen molar-refractivity contribution in [2.45, 2.75) is 32.2 Å². The maximum absolute atomic E-state index is 11.9. The van der Waals surface area contributed by atoms with Gasteiger partial charge in [-0.1, -0.05) is 40.2 Å². The minimum Gasteiger partial charge on any atom is -0.350 e. The molecule has 1 amide bonds. The Kier molecular flexibility index (Phi) is 4.59. The van der Waals surface area contributed by atoms with Crippen LogP contribution in [0.4, 0.5) is 0 Å². The topological polar surface area (TPSA) is 29.1 Å². The second-order valence-electron chi connectivity index (χ2n) is 4.81. The summed E-state index contributed by atoms with van der Waals surface area (Å²) < 4.78 is 1.06. The highest BCUT2D eigenvalue weighted by Gasteiger charge is 2.15. The highest BCUT2D eigenvalue weighted by Crippen LogP contribution is 2.21. The Labute approximate surface area is 117 Å². The molecule has 2 nitrogen and oxygen atoms in total. The molecule has 0 saturated carbocycles. The zero-order valence-corrected chi connectivity index (χ0v) is 12.1. The third-order valence-corrected chi connectivity index (χ3v) is 3.84. The van der Waals surface area contributed by atoms with E-state index in [0.717, 1.165) is 22.9 Å². The number of carbonyl (C=O) groups excluding carboxylic acids is 1. The van der Waals surface area contributed by atoms with Gasteiger partial charge < -0.3 is 5.32 Å². The fourth-order valence-electron chi connectivity index (χ4n) is 2.24. The molecule has 2 unspecified atom stereocenters. The number of benzene rings is 1. The molecular formula is C15H18BrNO. The Morgan fingerprint density at radius 3 is 2.78 bits per heavy atom. The Morgan fingerprint density at radius 2 is 2.17 bits per heavy atom. The zero-order chi connectivity index (χ0) is 13.0. The molecule has 1 aliphatic rings. The third kappa shape index (κ3) is 3.70. The van der Waals surface area contributed by atoms with Crippen LogP contribution in [0.1, 0.15) is 37.8 Å². The average Bonchev–Trinajstić information content (AvgIpc) is 2.82. The van der Waals surface area contributed by atoms with Gasteiger partial charge in [0.25, 0.3) is 0 Å². The lowest BCUT2D eigenvalue weighted by atomic mass is 10.0. The predicted molar refractivity (Wildman–Crippen MR) is 77.2 cm³/mol. The van der Waals surface area contributed by atoms with Gasteiger partial charge >= 0.3 is 0 Å². The van der Waals surface area contributed by atoms with Gasteiger partial charge in [-0.25, -0.2) is 0 Å². The minimum absolute atomic E-state index is 0.0657. The van der Waals surface area contributed by atoms with Crippen molar-refractivity contribution in [3.8, 4) is 0 Å². The molecule has 0 aliphatic heterocycles. The first kappa shape index (κ1) is 13.3. The van der Waals surface area contributed by atoms with Gasteiger partial charge in [0.15, 0.2) is 0 Å². The molecule has 1 aromatic rings. The first-order valence-corrected chi connectivity index (χ1v) is 7.16. The standard InChI is InChI=1S/C15H18BrNO/c1-11(13-6-8-14(16)9-7-13)17-15(18)10-12-4-2-3-5-12/h2,4,6-9,11-12H,3,5,10H2,1H3,(H,17,18). The lowest BCUT2D eigenvalue weighted by Gasteiger charge is -2.16. The normalized spacial score (nSPS) is 19.8. The van der Waals surface area contributed by atoms with Crippen LogP contribution in [0.15, 0.2) is 40.9 Å². The third-order valence-electron chi connectivity index (χ3n) is 3.31. The average molecular weight is 308 g/mol. The number of halogens is 1. The van der Waals surface area contributed by atoms with Crippen LogP contribution < -0.4 is 5.32 Å². The number of carbonyl (C=O) groups is 1. The van der Waals surface area contributed by atoms with Gasteiger partial charge in [0, 0.05) is 10.9 Å². The van der Waals surface area contributed by atoms with Crippen LogP contribution in [0.25, 0.3) is 0 Å². The van der Waals surface area contributed by atoms with Gasteiger partial charge in [-0.15, -0.1) is 0 Å². The van der Waals surface area contributed by atoms with Crippen molar-refractivity contribution < 1.29 is 4.79 Å². The highest BCUT2D eigenvalue weighted by atomic mass is 79.9. The molecule has 0 radical (unpaired) electrons. The first-order chi connectivity index (χ1) is 8.65. The number of allylic oxidation sites excluding steroid dienone is 2. The largest absolute Gasteiger partial charge is 0.350 e. The Balaban J connectivity index is 1.86. The van der Waals surface area contributed by atoms with Crippen molar-refractivity contribution in [3.05, 3.63) is 46.5 Å². The van der Waals surface area contributed by atoms with Crippen molar-refractivity contribution >= 4 is 21.8 Å². The van der Waals surface area contributed by atoms with Crippen LogP contribution in [0.3, 0.4) is 0 Å². The fraction of sp³-hybridized carbons (Fsp3) is 0.400. The predicted octanol–water partition coefficient (Wildman–Crippen LogP) is 3.98. The molecule has 3 heteroatoms. The van der Waals surface area contributed by atoms with Crippen molar-refractivity contribution in [1.29, 1.82) is 0 Å². The van der Waals surface area contributed by atoms with E-state index in [1.165, 1.54) is 0 Å². The quantitative estimate of drug-likeness (QED) is 0.838. The smallest absolute Gasteiger partial charge is 0.221 e. The summed E-state index contributed by atoms with van der Waals surface area (Å²) in [6.07, 6.45) is 7.15. The van der Waals surface area contributed by atoms with E-state index in [1.807, 2.05) is 31.2 Å². The summed E-state index contributed by atoms with van der Waals surface area (Å²) in [7, 11) is 0. The maximum atomic E-state index is 11.9. The van der Waals surface area contributed by atoms with E-state index >= 15 is 0 Å². The molecular weight excluding hydrogens is 290 g/mol. The van der Waals surface area contributed by atoms with E-state index in [0.29, 0.717) is 12.3 Å². The summed E-state index contributed by atoms with van der Waals surface area (Å²) in [5.74, 6) is 0.573. The molecule has 0 saturated heterocycles. The molecule has 0 aromatic heterocycles. The molecule has 0 heterocycles. The lowest BCUT2D eigenvalue weighted by molar-refractivity contribution is -0.122. The van der Waals surface area contributed by atoms with Crippen LogP contribution >= 0.6 is 15.9 Å². The molecule has 2 atom stereocenters. The summed E-state index contributed by atoms with van der Waals surface area (Å²) in [6.45, 7) is 2.02. The molecule has 0 fully saturated rings. The Morgan fingerprint density at radius 1 is 1.44 bits per heavy atom. The summed E-state index contributed by atoms with van der Waals surface area (Å²) in [6, 6.07) is 8.13. The molecule has 2 rings (SSSR count). The van der Waals surface area contributed by atoms with E-state index in [-0.39, 0.29) is 11.9 Å². The number of hydrogen-bond donors (Lipinski definition) is 1. The minimum atomic E-state index is 0.0657. The van der Waals surface area contributed by atoms with Gasteiger partial charge in [0.2, 0.25) is 5.91 Å². The van der Waals surface area contributed by atoms with E-state index < -0.39 is 0 Å². The summed E-state index contributed by atoms with van der Waals surface area (Å²) in [4.78, 5) is 11.9. The van der Waals surface area contributed by atoms with E-state index in [2.05, 4.69) is 33.4 Å². The van der Waals surface area contributed by atoms with Crippen molar-refractivity contribution in [3.63, 3.8) is 0 Å². The molecule has 1 aliphatic carbocycles. The van der Waals surface area contributed by atoms with Crippen LogP contribution in [0.2, 0.25) is 0 Å². The monoisotopic (exact) mass is 307 g/mol. The number of nitrogens with one attached hydrogen (secondary N) is 1. The van der Waals surface area contributed by atoms with Gasteiger partial charge in [0.05, 0.1) is 6.04 Å². The Bertz CT molecular complexity index is 438. The molecule has 1 N–H and O–H groups in total. The van der Waals surface area contributed by atoms with E-state index in [4.69, 9.17) is 0 Å². The summed E-state index contributed by atoms with van der Waals surface area (Å²) in [5.41, 5.74) is 1.13. The maximum Gasteiger partial charge on any atom is 0.221 e. The van der Waals surface area contributed by atoms with Crippen molar-refractivity contribution in [1.82, 2.24) is 5.32 Å². The van der Waals surface area contributed by atoms with Gasteiger partial charge in [-0.3, -0.25) is 4.79 Å². The molecule has 18 heavy (non-hydrogen) atoms. The molecule has 1 aromatic carbocycles. The van der Waals surface area contributed by atoms with E-state index in [1.54, 1.807) is 0 Å². The fourth-order valence-corrected chi connectivity index (χ4v) is 2.50. The van der Waals surface area contributed by atoms with Crippen molar-refractivity contribution in [2.75, 3.05) is 0 Å². The Hall–Kier alpha value is -1.09. The van der Waals surface area contributed by atoms with E-state index in [9.17, 15) is 4.79 Å². The zero-order valence-electron chi connectivity index (χ0n) is 10.5. The van der Waals surface area contributed by atoms with Gasteiger partial charge in [0.1, 0.15) is 0 Å².